The van der Waals surface area contributed by atoms with Crippen molar-refractivity contribution in [3.05, 3.63) is 81.8 Å². The van der Waals surface area contributed by atoms with Crippen molar-refractivity contribution in [2.75, 3.05) is 11.9 Å². The highest BCUT2D eigenvalue weighted by atomic mass is 16.5. The maximum absolute atomic E-state index is 13.4. The summed E-state index contributed by atoms with van der Waals surface area (Å²) in [6.45, 7) is 12.2. The minimum atomic E-state index is -0.446. The minimum absolute atomic E-state index is 0.0405. The van der Waals surface area contributed by atoms with Gasteiger partial charge in [0.05, 0.1) is 0 Å². The molecule has 2 aliphatic carbocycles. The van der Waals surface area contributed by atoms with Crippen LogP contribution in [0.5, 0.6) is 5.75 Å². The van der Waals surface area contributed by atoms with Crippen molar-refractivity contribution in [2.45, 2.75) is 73.1 Å². The van der Waals surface area contributed by atoms with Gasteiger partial charge in [-0.3, -0.25) is 14.4 Å². The fourth-order valence-corrected chi connectivity index (χ4v) is 5.93. The van der Waals surface area contributed by atoms with Gasteiger partial charge < -0.3 is 14.8 Å². The van der Waals surface area contributed by atoms with E-state index in [0.717, 1.165) is 22.4 Å². The van der Waals surface area contributed by atoms with E-state index in [1.807, 2.05) is 44.2 Å². The number of amides is 1. The molecule has 2 aromatic rings. The van der Waals surface area contributed by atoms with Crippen molar-refractivity contribution < 1.29 is 23.9 Å². The molecule has 0 radical (unpaired) electrons. The number of rotatable bonds is 5. The zero-order valence-electron chi connectivity index (χ0n) is 23.7. The number of anilines is 1. The van der Waals surface area contributed by atoms with Gasteiger partial charge in [0.25, 0.3) is 5.91 Å². The lowest BCUT2D eigenvalue weighted by Gasteiger charge is -2.42. The molecule has 0 saturated heterocycles. The molecule has 1 aliphatic heterocycles. The average Bonchev–Trinajstić information content (AvgIpc) is 2.82. The quantitative estimate of drug-likeness (QED) is 0.467. The third kappa shape index (κ3) is 5.56. The van der Waals surface area contributed by atoms with Crippen molar-refractivity contribution in [2.24, 2.45) is 10.8 Å². The van der Waals surface area contributed by atoms with Gasteiger partial charge in [-0.05, 0) is 65.6 Å². The van der Waals surface area contributed by atoms with E-state index in [1.165, 1.54) is 0 Å². The Balaban J connectivity index is 1.38. The minimum Gasteiger partial charge on any atom is -0.484 e. The fourth-order valence-electron chi connectivity index (χ4n) is 5.93. The lowest BCUT2D eigenvalue weighted by Crippen LogP contribution is -2.37. The second-order valence-corrected chi connectivity index (χ2v) is 12.8. The van der Waals surface area contributed by atoms with E-state index in [2.05, 4.69) is 33.0 Å². The summed E-state index contributed by atoms with van der Waals surface area (Å²) in [6, 6.07) is 13.1. The maximum atomic E-state index is 13.4. The first kappa shape index (κ1) is 26.9. The Labute approximate surface area is 230 Å². The van der Waals surface area contributed by atoms with Gasteiger partial charge in [-0.15, -0.1) is 0 Å². The predicted molar refractivity (Wildman–Crippen MR) is 150 cm³/mol. The number of hydrogen-bond acceptors (Lipinski definition) is 5. The molecule has 1 amide bonds. The van der Waals surface area contributed by atoms with Crippen LogP contribution in [-0.4, -0.2) is 24.1 Å². The zero-order valence-corrected chi connectivity index (χ0v) is 23.7. The van der Waals surface area contributed by atoms with Gasteiger partial charge in [0, 0.05) is 48.4 Å². The van der Waals surface area contributed by atoms with Crippen LogP contribution in [0.3, 0.4) is 0 Å². The Bertz CT molecular complexity index is 1370. The number of nitrogens with one attached hydrogen (secondary N) is 1. The smallest absolute Gasteiger partial charge is 0.262 e. The zero-order chi connectivity index (χ0) is 28.1. The van der Waals surface area contributed by atoms with E-state index < -0.39 is 5.92 Å². The lowest BCUT2D eigenvalue weighted by molar-refractivity contribution is -0.120. The Morgan fingerprint density at radius 2 is 1.41 bits per heavy atom. The second-order valence-electron chi connectivity index (χ2n) is 12.8. The number of benzene rings is 2. The standard InChI is InChI=1S/C33H37NO5/c1-19-7-10-22(13-20(19)2)34-28(37)18-38-23-11-8-21(9-12-23)29-30-24(35)14-32(3,4)16-26(30)39-27-17-33(5,6)15-25(36)31(27)29/h7-13,29H,14-18H2,1-6H3,(H,34,37). The summed E-state index contributed by atoms with van der Waals surface area (Å²) < 4.78 is 12.1. The van der Waals surface area contributed by atoms with Crippen molar-refractivity contribution in [3.63, 3.8) is 0 Å². The first-order chi connectivity index (χ1) is 18.3. The summed E-state index contributed by atoms with van der Waals surface area (Å²) in [5, 5.41) is 2.86. The van der Waals surface area contributed by atoms with Crippen LogP contribution in [-0.2, 0) is 19.1 Å². The van der Waals surface area contributed by atoms with E-state index in [0.29, 0.717) is 54.1 Å². The number of carbonyl (C=O) groups excluding carboxylic acids is 3. The van der Waals surface area contributed by atoms with Crippen LogP contribution in [0.25, 0.3) is 0 Å². The molecule has 5 rings (SSSR count). The number of ketones is 2. The predicted octanol–water partition coefficient (Wildman–Crippen LogP) is 6.72. The largest absolute Gasteiger partial charge is 0.484 e. The second kappa shape index (κ2) is 9.82. The Hall–Kier alpha value is -3.67. The molecule has 0 bridgehead atoms. The number of allylic oxidation sites excluding steroid dienone is 4. The summed E-state index contributed by atoms with van der Waals surface area (Å²) >= 11 is 0. The number of ether oxygens (including phenoxy) is 2. The molecule has 1 heterocycles. The van der Waals surface area contributed by atoms with Gasteiger partial charge >= 0.3 is 0 Å². The molecule has 3 aliphatic rings. The van der Waals surface area contributed by atoms with Gasteiger partial charge in [0.1, 0.15) is 17.3 Å². The van der Waals surface area contributed by atoms with Gasteiger partial charge in [0.2, 0.25) is 0 Å². The topological polar surface area (TPSA) is 81.7 Å². The Morgan fingerprint density at radius 1 is 0.846 bits per heavy atom. The number of Topliss-reactive ketones (excluding diaryl/α,β-unsaturated/α-hetero) is 2. The van der Waals surface area contributed by atoms with Crippen molar-refractivity contribution in [3.8, 4) is 5.75 Å². The summed E-state index contributed by atoms with van der Waals surface area (Å²) in [5.74, 6) is 1.33. The molecular formula is C33H37NO5. The van der Waals surface area contributed by atoms with E-state index >= 15 is 0 Å². The van der Waals surface area contributed by atoms with Crippen molar-refractivity contribution >= 4 is 23.2 Å². The average molecular weight is 528 g/mol. The molecular weight excluding hydrogens is 490 g/mol. The number of aryl methyl sites for hydroxylation is 2. The molecule has 0 fully saturated rings. The van der Waals surface area contributed by atoms with E-state index in [9.17, 15) is 14.4 Å². The third-order valence-electron chi connectivity index (χ3n) is 7.96. The highest BCUT2D eigenvalue weighted by Crippen LogP contribution is 2.53. The molecule has 0 atom stereocenters. The first-order valence-electron chi connectivity index (χ1n) is 13.6. The molecule has 0 saturated carbocycles. The molecule has 0 unspecified atom stereocenters. The van der Waals surface area contributed by atoms with Crippen LogP contribution in [0, 0.1) is 24.7 Å². The van der Waals surface area contributed by atoms with Crippen molar-refractivity contribution in [1.29, 1.82) is 0 Å². The summed E-state index contributed by atoms with van der Waals surface area (Å²) in [5.41, 5.74) is 4.70. The summed E-state index contributed by atoms with van der Waals surface area (Å²) in [4.78, 5) is 39.3. The van der Waals surface area contributed by atoms with Crippen LogP contribution in [0.1, 0.15) is 76.0 Å². The molecule has 2 aromatic carbocycles. The number of hydrogen-bond donors (Lipinski definition) is 1. The van der Waals surface area contributed by atoms with E-state index in [-0.39, 0.29) is 34.9 Å². The third-order valence-corrected chi connectivity index (χ3v) is 7.96. The molecule has 1 N–H and O–H groups in total. The fraction of sp³-hybridized carbons (Fsp3) is 0.424. The highest BCUT2D eigenvalue weighted by Gasteiger charge is 2.47. The molecule has 6 heteroatoms. The molecule has 204 valence electrons. The summed E-state index contributed by atoms with van der Waals surface area (Å²) in [7, 11) is 0. The van der Waals surface area contributed by atoms with E-state index in [1.54, 1.807) is 12.1 Å². The monoisotopic (exact) mass is 527 g/mol. The first-order valence-corrected chi connectivity index (χ1v) is 13.6. The lowest BCUT2D eigenvalue weighted by atomic mass is 9.65. The van der Waals surface area contributed by atoms with Gasteiger partial charge in [-0.1, -0.05) is 45.9 Å². The van der Waals surface area contributed by atoms with Gasteiger partial charge in [0.15, 0.2) is 18.2 Å². The molecule has 0 aromatic heterocycles. The van der Waals surface area contributed by atoms with Crippen LogP contribution < -0.4 is 10.1 Å². The summed E-state index contributed by atoms with van der Waals surface area (Å²) in [6.07, 6.45) is 2.16. The SMILES string of the molecule is Cc1ccc(NC(=O)COc2ccc(C3C4=C(CC(C)(C)CC4=O)OC4=C3C(=O)CC(C)(C)C4)cc2)cc1C. The Kier molecular flexibility index (Phi) is 6.78. The maximum Gasteiger partial charge on any atom is 0.262 e. The van der Waals surface area contributed by atoms with Crippen LogP contribution in [0.15, 0.2) is 65.1 Å². The van der Waals surface area contributed by atoms with Crippen LogP contribution >= 0.6 is 0 Å². The van der Waals surface area contributed by atoms with Gasteiger partial charge in [-0.2, -0.15) is 0 Å². The normalized spacial score (nSPS) is 20.3. The van der Waals surface area contributed by atoms with E-state index in [4.69, 9.17) is 9.47 Å². The molecule has 39 heavy (non-hydrogen) atoms. The Morgan fingerprint density at radius 3 is 1.95 bits per heavy atom. The van der Waals surface area contributed by atoms with Crippen LogP contribution in [0.2, 0.25) is 0 Å². The van der Waals surface area contributed by atoms with Gasteiger partial charge in [-0.25, -0.2) is 0 Å². The number of carbonyl (C=O) groups is 3. The molecule has 0 spiro atoms. The highest BCUT2D eigenvalue weighted by molar-refractivity contribution is 6.06. The van der Waals surface area contributed by atoms with Crippen molar-refractivity contribution in [1.82, 2.24) is 0 Å². The molecule has 6 nitrogen and oxygen atoms in total. The van der Waals surface area contributed by atoms with Crippen LogP contribution in [0.4, 0.5) is 5.69 Å².